The normalized spacial score (nSPS) is 16.3. The molecule has 0 spiro atoms. The molecule has 0 saturated carbocycles. The molecule has 2 aromatic heterocycles. The number of hydrogen-bond acceptors (Lipinski definition) is 5. The van der Waals surface area contributed by atoms with Crippen molar-refractivity contribution in [2.24, 2.45) is 0 Å². The van der Waals surface area contributed by atoms with Crippen LogP contribution in [0.1, 0.15) is 36.4 Å². The van der Waals surface area contributed by atoms with E-state index in [9.17, 15) is 13.2 Å². The number of fused-ring (bicyclic) bond motifs is 1. The van der Waals surface area contributed by atoms with Gasteiger partial charge in [0.15, 0.2) is 0 Å². The van der Waals surface area contributed by atoms with Crippen LogP contribution in [0.5, 0.6) is 0 Å². The molecule has 0 N–H and O–H groups in total. The third-order valence-electron chi connectivity index (χ3n) is 5.45. The van der Waals surface area contributed by atoms with E-state index in [4.69, 9.17) is 4.42 Å². The number of amides is 1. The molecule has 4 rings (SSSR count). The van der Waals surface area contributed by atoms with E-state index in [0.717, 1.165) is 34.4 Å². The molecule has 1 aliphatic rings. The van der Waals surface area contributed by atoms with E-state index in [2.05, 4.69) is 0 Å². The standard InChI is InChI=1S/C21H24N2O4S2/c1-15(19-13-16-7-3-4-8-18(16)27-19)22(2)20(24)14-17-9-10-21(28-17)29(25,26)23-11-5-6-12-23/h3-4,7-10,13,15H,5-6,11-12,14H2,1-2H3. The van der Waals surface area contributed by atoms with Crippen molar-refractivity contribution in [2.45, 2.75) is 36.4 Å². The second kappa shape index (κ2) is 7.93. The number of thiophene rings is 1. The minimum Gasteiger partial charge on any atom is -0.459 e. The molecule has 1 atom stereocenters. The summed E-state index contributed by atoms with van der Waals surface area (Å²) in [5.74, 6) is 0.649. The molecule has 0 aliphatic carbocycles. The second-order valence-electron chi connectivity index (χ2n) is 7.38. The van der Waals surface area contributed by atoms with Gasteiger partial charge >= 0.3 is 0 Å². The quantitative estimate of drug-likeness (QED) is 0.589. The fourth-order valence-electron chi connectivity index (χ4n) is 3.54. The minimum absolute atomic E-state index is 0.0788. The minimum atomic E-state index is -3.44. The van der Waals surface area contributed by atoms with Crippen LogP contribution in [0.3, 0.4) is 0 Å². The van der Waals surface area contributed by atoms with Crippen LogP contribution in [0.15, 0.2) is 51.1 Å². The van der Waals surface area contributed by atoms with Crippen LogP contribution in [0, 0.1) is 0 Å². The lowest BCUT2D eigenvalue weighted by molar-refractivity contribution is -0.131. The van der Waals surface area contributed by atoms with Crippen LogP contribution in [0.25, 0.3) is 11.0 Å². The molecule has 8 heteroatoms. The molecule has 0 bridgehead atoms. The van der Waals surface area contributed by atoms with Gasteiger partial charge in [0, 0.05) is 30.4 Å². The van der Waals surface area contributed by atoms with Gasteiger partial charge in [0.05, 0.1) is 12.5 Å². The van der Waals surface area contributed by atoms with Gasteiger partial charge in [0.2, 0.25) is 5.91 Å². The van der Waals surface area contributed by atoms with Crippen LogP contribution in [-0.2, 0) is 21.2 Å². The number of sulfonamides is 1. The molecule has 3 heterocycles. The smallest absolute Gasteiger partial charge is 0.252 e. The average molecular weight is 433 g/mol. The number of carbonyl (C=O) groups excluding carboxylic acids is 1. The summed E-state index contributed by atoms with van der Waals surface area (Å²) in [5.41, 5.74) is 0.796. The van der Waals surface area contributed by atoms with Gasteiger partial charge in [-0.15, -0.1) is 11.3 Å². The first-order valence-corrected chi connectivity index (χ1v) is 11.9. The maximum absolute atomic E-state index is 12.8. The highest BCUT2D eigenvalue weighted by Crippen LogP contribution is 2.30. The Bertz CT molecular complexity index is 1090. The van der Waals surface area contributed by atoms with Crippen molar-refractivity contribution in [2.75, 3.05) is 20.1 Å². The van der Waals surface area contributed by atoms with Gasteiger partial charge in [-0.2, -0.15) is 4.31 Å². The molecule has 1 fully saturated rings. The topological polar surface area (TPSA) is 70.8 Å². The molecule has 1 aromatic carbocycles. The molecular weight excluding hydrogens is 408 g/mol. The van der Waals surface area contributed by atoms with Gasteiger partial charge < -0.3 is 9.32 Å². The van der Waals surface area contributed by atoms with Crippen LogP contribution >= 0.6 is 11.3 Å². The number of nitrogens with zero attached hydrogens (tertiary/aromatic N) is 2. The first kappa shape index (κ1) is 20.1. The number of furan rings is 1. The van der Waals surface area contributed by atoms with Crippen molar-refractivity contribution in [1.82, 2.24) is 9.21 Å². The van der Waals surface area contributed by atoms with E-state index in [1.54, 1.807) is 24.1 Å². The van der Waals surface area contributed by atoms with E-state index in [0.29, 0.717) is 17.3 Å². The lowest BCUT2D eigenvalue weighted by Crippen LogP contribution is -2.30. The Morgan fingerprint density at radius 1 is 1.21 bits per heavy atom. The number of carbonyl (C=O) groups is 1. The summed E-state index contributed by atoms with van der Waals surface area (Å²) >= 11 is 1.18. The Kier molecular flexibility index (Phi) is 5.50. The Hall–Kier alpha value is -2.16. The molecule has 3 aromatic rings. The maximum atomic E-state index is 12.8. The Morgan fingerprint density at radius 3 is 2.66 bits per heavy atom. The van der Waals surface area contributed by atoms with Crippen molar-refractivity contribution in [3.8, 4) is 0 Å². The van der Waals surface area contributed by atoms with E-state index in [-0.39, 0.29) is 18.4 Å². The Balaban J connectivity index is 1.45. The summed E-state index contributed by atoms with van der Waals surface area (Å²) in [6.45, 7) is 3.08. The lowest BCUT2D eigenvalue weighted by atomic mass is 10.2. The average Bonchev–Trinajstić information content (AvgIpc) is 3.46. The molecule has 154 valence electrons. The van der Waals surface area contributed by atoms with Gasteiger partial charge in [-0.1, -0.05) is 18.2 Å². The second-order valence-corrected chi connectivity index (χ2v) is 10.7. The SMILES string of the molecule is CC(c1cc2ccccc2o1)N(C)C(=O)Cc1ccc(S(=O)(=O)N2CCCC2)s1. The summed E-state index contributed by atoms with van der Waals surface area (Å²) in [6.07, 6.45) is 1.97. The number of hydrogen-bond donors (Lipinski definition) is 0. The fourth-order valence-corrected chi connectivity index (χ4v) is 6.55. The zero-order valence-corrected chi connectivity index (χ0v) is 18.1. The van der Waals surface area contributed by atoms with Gasteiger partial charge in [-0.25, -0.2) is 8.42 Å². The van der Waals surface area contributed by atoms with Crippen molar-refractivity contribution in [1.29, 1.82) is 0 Å². The van der Waals surface area contributed by atoms with Crippen LogP contribution < -0.4 is 0 Å². The molecule has 29 heavy (non-hydrogen) atoms. The summed E-state index contributed by atoms with van der Waals surface area (Å²) < 4.78 is 33.1. The van der Waals surface area contributed by atoms with Crippen molar-refractivity contribution in [3.63, 3.8) is 0 Å². The molecule has 1 unspecified atom stereocenters. The molecule has 0 radical (unpaired) electrons. The zero-order chi connectivity index (χ0) is 20.6. The summed E-state index contributed by atoms with van der Waals surface area (Å²) in [5, 5.41) is 1.00. The van der Waals surface area contributed by atoms with Crippen LogP contribution in [0.2, 0.25) is 0 Å². The van der Waals surface area contributed by atoms with Crippen LogP contribution in [0.4, 0.5) is 0 Å². The Morgan fingerprint density at radius 2 is 1.93 bits per heavy atom. The van der Waals surface area contributed by atoms with Gasteiger partial charge in [0.1, 0.15) is 15.6 Å². The Labute approximate surface area is 174 Å². The fraction of sp³-hybridized carbons (Fsp3) is 0.381. The highest BCUT2D eigenvalue weighted by atomic mass is 32.2. The number of likely N-dealkylation sites (N-methyl/N-ethyl adjacent to an activating group) is 1. The predicted octanol–water partition coefficient (Wildman–Crippen LogP) is 4.04. The summed E-state index contributed by atoms with van der Waals surface area (Å²) in [7, 11) is -1.69. The van der Waals surface area contributed by atoms with Gasteiger partial charge in [0.25, 0.3) is 10.0 Å². The molecule has 6 nitrogen and oxygen atoms in total. The number of rotatable bonds is 6. The van der Waals surface area contributed by atoms with E-state index < -0.39 is 10.0 Å². The maximum Gasteiger partial charge on any atom is 0.252 e. The first-order valence-electron chi connectivity index (χ1n) is 9.69. The third kappa shape index (κ3) is 3.97. The van der Waals surface area contributed by atoms with Crippen molar-refractivity contribution >= 4 is 38.2 Å². The predicted molar refractivity (Wildman–Crippen MR) is 113 cm³/mol. The molecule has 1 aliphatic heterocycles. The summed E-state index contributed by atoms with van der Waals surface area (Å²) in [6, 6.07) is 12.8. The van der Waals surface area contributed by atoms with Crippen LogP contribution in [-0.4, -0.2) is 43.7 Å². The number of para-hydroxylation sites is 1. The molecular formula is C21H24N2O4S2. The van der Waals surface area contributed by atoms with Crippen molar-refractivity contribution < 1.29 is 17.6 Å². The number of benzene rings is 1. The van der Waals surface area contributed by atoms with E-state index in [1.807, 2.05) is 37.3 Å². The molecule has 1 amide bonds. The first-order chi connectivity index (χ1) is 13.9. The molecule has 1 saturated heterocycles. The van der Waals surface area contributed by atoms with E-state index in [1.165, 1.54) is 15.6 Å². The van der Waals surface area contributed by atoms with Gasteiger partial charge in [-0.3, -0.25) is 4.79 Å². The highest BCUT2D eigenvalue weighted by Gasteiger charge is 2.29. The zero-order valence-electron chi connectivity index (χ0n) is 16.5. The van der Waals surface area contributed by atoms with Crippen molar-refractivity contribution in [3.05, 3.63) is 53.1 Å². The lowest BCUT2D eigenvalue weighted by Gasteiger charge is -2.23. The van der Waals surface area contributed by atoms with E-state index >= 15 is 0 Å². The largest absolute Gasteiger partial charge is 0.459 e. The summed E-state index contributed by atoms with van der Waals surface area (Å²) in [4.78, 5) is 15.2. The monoisotopic (exact) mass is 432 g/mol. The highest BCUT2D eigenvalue weighted by molar-refractivity contribution is 7.91. The van der Waals surface area contributed by atoms with Gasteiger partial charge in [-0.05, 0) is 44.0 Å². The third-order valence-corrected chi connectivity index (χ3v) is 8.90.